The van der Waals surface area contributed by atoms with Gasteiger partial charge in [0.05, 0.1) is 7.11 Å². The molecule has 1 nitrogen and oxygen atoms in total. The Bertz CT molecular complexity index is 568. The van der Waals surface area contributed by atoms with Crippen LogP contribution in [0.5, 0.6) is 5.75 Å². The summed E-state index contributed by atoms with van der Waals surface area (Å²) in [6.45, 7) is 2.04. The lowest BCUT2D eigenvalue weighted by molar-refractivity contribution is 0.411. The first kappa shape index (κ1) is 14.4. The molecule has 1 unspecified atom stereocenters. The van der Waals surface area contributed by atoms with Crippen molar-refractivity contribution in [3.63, 3.8) is 0 Å². The van der Waals surface area contributed by atoms with Gasteiger partial charge in [-0.15, -0.1) is 0 Å². The van der Waals surface area contributed by atoms with Crippen LogP contribution < -0.4 is 4.74 Å². The molecule has 2 aromatic carbocycles. The van der Waals surface area contributed by atoms with Gasteiger partial charge in [-0.05, 0) is 48.2 Å². The number of methoxy groups -OCH3 is 1. The van der Waals surface area contributed by atoms with Gasteiger partial charge in [-0.1, -0.05) is 51.8 Å². The van der Waals surface area contributed by atoms with E-state index in [0.29, 0.717) is 0 Å². The van der Waals surface area contributed by atoms with Gasteiger partial charge < -0.3 is 4.74 Å². The molecule has 0 radical (unpaired) electrons. The first-order valence-electron chi connectivity index (χ1n) is 6.13. The predicted octanol–water partition coefficient (Wildman–Crippen LogP) is 5.34. The lowest BCUT2D eigenvalue weighted by Gasteiger charge is -2.13. The zero-order chi connectivity index (χ0) is 13.8. The minimum Gasteiger partial charge on any atom is -0.496 e. The number of hydrogen-bond acceptors (Lipinski definition) is 1. The largest absolute Gasteiger partial charge is 0.496 e. The normalized spacial score (nSPS) is 12.2. The molecule has 0 heterocycles. The van der Waals surface area contributed by atoms with Gasteiger partial charge in [0, 0.05) is 9.85 Å². The van der Waals surface area contributed by atoms with Crippen molar-refractivity contribution < 1.29 is 4.74 Å². The van der Waals surface area contributed by atoms with E-state index in [4.69, 9.17) is 16.3 Å². The number of alkyl halides is 1. The number of aryl methyl sites for hydroxylation is 1. The van der Waals surface area contributed by atoms with Crippen molar-refractivity contribution >= 4 is 27.5 Å². The van der Waals surface area contributed by atoms with Crippen LogP contribution in [0.1, 0.15) is 21.5 Å². The Hall–Kier alpha value is -0.990. The molecule has 0 bridgehead atoms. The molecule has 0 fully saturated rings. The highest BCUT2D eigenvalue weighted by Gasteiger charge is 2.11. The Kier molecular flexibility index (Phi) is 4.89. The van der Waals surface area contributed by atoms with Crippen molar-refractivity contribution in [3.05, 3.63) is 64.2 Å². The summed E-state index contributed by atoms with van der Waals surface area (Å²) >= 11 is 9.74. The number of halogens is 2. The summed E-state index contributed by atoms with van der Waals surface area (Å²) in [4.78, 5) is 0.250. The number of ether oxygens (including phenoxy) is 1. The quantitative estimate of drug-likeness (QED) is 0.684. The van der Waals surface area contributed by atoms with Crippen molar-refractivity contribution in [3.8, 4) is 5.75 Å². The van der Waals surface area contributed by atoms with E-state index in [9.17, 15) is 0 Å². The lowest BCUT2D eigenvalue weighted by Crippen LogP contribution is -1.97. The standard InChI is InChI=1S/C16H16BrClO/c1-11-6-7-13(10-16(11)19-2)15(17)9-12-4-3-5-14(18)8-12/h3-8,10,15H,9H2,1-2H3. The van der Waals surface area contributed by atoms with Crippen molar-refractivity contribution in [2.24, 2.45) is 0 Å². The second kappa shape index (κ2) is 6.44. The van der Waals surface area contributed by atoms with Crippen LogP contribution in [0.25, 0.3) is 0 Å². The SMILES string of the molecule is COc1cc(C(Br)Cc2cccc(Cl)c2)ccc1C. The molecule has 2 rings (SSSR count). The molecule has 0 aliphatic heterocycles. The van der Waals surface area contributed by atoms with Gasteiger partial charge in [-0.25, -0.2) is 0 Å². The van der Waals surface area contributed by atoms with Gasteiger partial charge in [0.15, 0.2) is 0 Å². The third-order valence-electron chi connectivity index (χ3n) is 3.10. The van der Waals surface area contributed by atoms with Crippen LogP contribution in [-0.4, -0.2) is 7.11 Å². The fourth-order valence-electron chi connectivity index (χ4n) is 2.02. The smallest absolute Gasteiger partial charge is 0.122 e. The minimum absolute atomic E-state index is 0.250. The maximum atomic E-state index is 6.01. The number of benzene rings is 2. The van der Waals surface area contributed by atoms with Crippen molar-refractivity contribution in [2.75, 3.05) is 7.11 Å². The number of rotatable bonds is 4. The van der Waals surface area contributed by atoms with Gasteiger partial charge >= 0.3 is 0 Å². The Balaban J connectivity index is 2.18. The van der Waals surface area contributed by atoms with Crippen LogP contribution in [-0.2, 0) is 6.42 Å². The summed E-state index contributed by atoms with van der Waals surface area (Å²) in [5.41, 5.74) is 3.57. The van der Waals surface area contributed by atoms with Crippen LogP contribution in [0.15, 0.2) is 42.5 Å². The summed E-state index contributed by atoms with van der Waals surface area (Å²) in [7, 11) is 1.70. The van der Waals surface area contributed by atoms with Gasteiger partial charge in [0.2, 0.25) is 0 Å². The third-order valence-corrected chi connectivity index (χ3v) is 4.19. The molecule has 2 aromatic rings. The molecular formula is C16H16BrClO. The molecule has 0 saturated heterocycles. The Morgan fingerprint density at radius 1 is 1.21 bits per heavy atom. The van der Waals surface area contributed by atoms with Gasteiger partial charge in [0.1, 0.15) is 5.75 Å². The molecule has 0 saturated carbocycles. The Morgan fingerprint density at radius 3 is 2.68 bits per heavy atom. The minimum atomic E-state index is 0.250. The van der Waals surface area contributed by atoms with E-state index >= 15 is 0 Å². The molecular weight excluding hydrogens is 324 g/mol. The summed E-state index contributed by atoms with van der Waals surface area (Å²) < 4.78 is 5.36. The van der Waals surface area contributed by atoms with Gasteiger partial charge in [-0.2, -0.15) is 0 Å². The molecule has 0 spiro atoms. The van der Waals surface area contributed by atoms with Crippen LogP contribution in [0, 0.1) is 6.92 Å². The average Bonchev–Trinajstić information content (AvgIpc) is 2.39. The van der Waals surface area contributed by atoms with E-state index in [-0.39, 0.29) is 4.83 Å². The molecule has 0 amide bonds. The fourth-order valence-corrected chi connectivity index (χ4v) is 2.89. The zero-order valence-electron chi connectivity index (χ0n) is 11.0. The Labute approximate surface area is 127 Å². The Morgan fingerprint density at radius 2 is 2.00 bits per heavy atom. The third kappa shape index (κ3) is 3.74. The summed E-state index contributed by atoms with van der Waals surface area (Å²) in [5, 5.41) is 0.777. The number of hydrogen-bond donors (Lipinski definition) is 0. The fraction of sp³-hybridized carbons (Fsp3) is 0.250. The summed E-state index contributed by atoms with van der Waals surface area (Å²) in [5.74, 6) is 0.924. The maximum Gasteiger partial charge on any atom is 0.122 e. The van der Waals surface area contributed by atoms with Crippen molar-refractivity contribution in [2.45, 2.75) is 18.2 Å². The topological polar surface area (TPSA) is 9.23 Å². The maximum absolute atomic E-state index is 6.01. The molecule has 1 atom stereocenters. The van der Waals surface area contributed by atoms with E-state index < -0.39 is 0 Å². The van der Waals surface area contributed by atoms with Crippen LogP contribution in [0.4, 0.5) is 0 Å². The van der Waals surface area contributed by atoms with Crippen LogP contribution >= 0.6 is 27.5 Å². The zero-order valence-corrected chi connectivity index (χ0v) is 13.3. The second-order valence-corrected chi connectivity index (χ2v) is 6.07. The van der Waals surface area contributed by atoms with E-state index in [1.807, 2.05) is 25.1 Å². The first-order chi connectivity index (χ1) is 9.10. The molecule has 19 heavy (non-hydrogen) atoms. The van der Waals surface area contributed by atoms with Crippen LogP contribution in [0.2, 0.25) is 5.02 Å². The van der Waals surface area contributed by atoms with E-state index in [1.165, 1.54) is 11.1 Å². The monoisotopic (exact) mass is 338 g/mol. The van der Waals surface area contributed by atoms with E-state index in [1.54, 1.807) is 7.11 Å². The second-order valence-electron chi connectivity index (χ2n) is 4.53. The molecule has 0 aliphatic rings. The highest BCUT2D eigenvalue weighted by molar-refractivity contribution is 9.09. The average molecular weight is 340 g/mol. The van der Waals surface area contributed by atoms with E-state index in [2.05, 4.69) is 40.2 Å². The molecule has 0 aromatic heterocycles. The van der Waals surface area contributed by atoms with E-state index in [0.717, 1.165) is 22.8 Å². The predicted molar refractivity (Wildman–Crippen MR) is 84.6 cm³/mol. The highest BCUT2D eigenvalue weighted by atomic mass is 79.9. The molecule has 0 N–H and O–H groups in total. The molecule has 3 heteroatoms. The summed E-state index contributed by atoms with van der Waals surface area (Å²) in [6, 6.07) is 14.3. The van der Waals surface area contributed by atoms with Crippen LogP contribution in [0.3, 0.4) is 0 Å². The van der Waals surface area contributed by atoms with Crippen molar-refractivity contribution in [1.29, 1.82) is 0 Å². The highest BCUT2D eigenvalue weighted by Crippen LogP contribution is 2.31. The molecule has 0 aliphatic carbocycles. The van der Waals surface area contributed by atoms with Gasteiger partial charge in [0.25, 0.3) is 0 Å². The van der Waals surface area contributed by atoms with Gasteiger partial charge in [-0.3, -0.25) is 0 Å². The lowest BCUT2D eigenvalue weighted by atomic mass is 10.0. The summed E-state index contributed by atoms with van der Waals surface area (Å²) in [6.07, 6.45) is 0.896. The molecule has 100 valence electrons. The van der Waals surface area contributed by atoms with Crippen molar-refractivity contribution in [1.82, 2.24) is 0 Å². The first-order valence-corrected chi connectivity index (χ1v) is 7.42.